The van der Waals surface area contributed by atoms with Crippen molar-refractivity contribution in [2.24, 2.45) is 0 Å². The van der Waals surface area contributed by atoms with Gasteiger partial charge in [0.15, 0.2) is 11.5 Å². The number of carbonyl (C=O) groups is 1. The van der Waals surface area contributed by atoms with Crippen LogP contribution in [0.4, 0.5) is 11.4 Å². The van der Waals surface area contributed by atoms with Crippen molar-refractivity contribution in [1.29, 1.82) is 0 Å². The van der Waals surface area contributed by atoms with Crippen molar-refractivity contribution in [2.45, 2.75) is 24.8 Å². The zero-order valence-corrected chi connectivity index (χ0v) is 20.3. The summed E-state index contributed by atoms with van der Waals surface area (Å²) in [5.74, 6) is 0.635. The Morgan fingerprint density at radius 1 is 0.970 bits per heavy atom. The fourth-order valence-corrected chi connectivity index (χ4v) is 5.30. The highest BCUT2D eigenvalue weighted by Gasteiger charge is 2.31. The first kappa shape index (κ1) is 24.4. The molecule has 0 aliphatic rings. The molecule has 33 heavy (non-hydrogen) atoms. The van der Waals surface area contributed by atoms with E-state index in [1.807, 2.05) is 6.07 Å². The number of sulfonamides is 1. The molecular weight excluding hydrogens is 464 g/mol. The highest BCUT2D eigenvalue weighted by Crippen LogP contribution is 2.38. The van der Waals surface area contributed by atoms with E-state index >= 15 is 0 Å². The lowest BCUT2D eigenvalue weighted by atomic mass is 10.1. The molecule has 3 aromatic rings. The standard InChI is InChI=1S/C24H25ClN2O5S/c1-16(18-6-5-7-19(25)14-18)27(21-10-13-23(31-3)24(15-21)32-4)33(29,30)22-11-8-20(9-12-22)26-17(2)28/h5-16H,1-4H3,(H,26,28). The first-order valence-electron chi connectivity index (χ1n) is 10.1. The van der Waals surface area contributed by atoms with Crippen molar-refractivity contribution >= 4 is 38.9 Å². The maximum absolute atomic E-state index is 13.9. The maximum atomic E-state index is 13.9. The van der Waals surface area contributed by atoms with Crippen LogP contribution in [0.2, 0.25) is 5.02 Å². The van der Waals surface area contributed by atoms with Crippen molar-refractivity contribution in [3.8, 4) is 11.5 Å². The summed E-state index contributed by atoms with van der Waals surface area (Å²) < 4.78 is 39.7. The molecule has 7 nitrogen and oxygen atoms in total. The van der Waals surface area contributed by atoms with Crippen molar-refractivity contribution in [2.75, 3.05) is 23.8 Å². The van der Waals surface area contributed by atoms with Crippen LogP contribution in [-0.2, 0) is 14.8 Å². The van der Waals surface area contributed by atoms with Crippen LogP contribution in [0, 0.1) is 0 Å². The lowest BCUT2D eigenvalue weighted by Gasteiger charge is -2.31. The van der Waals surface area contributed by atoms with Gasteiger partial charge in [-0.1, -0.05) is 23.7 Å². The number of carbonyl (C=O) groups excluding carboxylic acids is 1. The summed E-state index contributed by atoms with van der Waals surface area (Å²) in [5.41, 5.74) is 1.61. The summed E-state index contributed by atoms with van der Waals surface area (Å²) >= 11 is 6.18. The van der Waals surface area contributed by atoms with E-state index in [9.17, 15) is 13.2 Å². The lowest BCUT2D eigenvalue weighted by molar-refractivity contribution is -0.114. The Morgan fingerprint density at radius 3 is 2.21 bits per heavy atom. The number of hydrogen-bond acceptors (Lipinski definition) is 5. The largest absolute Gasteiger partial charge is 0.493 e. The minimum atomic E-state index is -4.02. The van der Waals surface area contributed by atoms with Gasteiger partial charge in [0.25, 0.3) is 10.0 Å². The molecule has 0 saturated heterocycles. The number of nitrogens with one attached hydrogen (secondary N) is 1. The number of benzene rings is 3. The minimum absolute atomic E-state index is 0.0697. The average molecular weight is 489 g/mol. The van der Waals surface area contributed by atoms with Gasteiger partial charge in [-0.05, 0) is 61.0 Å². The first-order valence-corrected chi connectivity index (χ1v) is 11.9. The molecular formula is C24H25ClN2O5S. The molecule has 0 saturated carbocycles. The van der Waals surface area contributed by atoms with Crippen molar-refractivity contribution in [1.82, 2.24) is 0 Å². The summed E-state index contributed by atoms with van der Waals surface area (Å²) in [6.45, 7) is 3.17. The Bertz CT molecular complexity index is 1250. The summed E-state index contributed by atoms with van der Waals surface area (Å²) in [6, 6.07) is 17.4. The summed E-state index contributed by atoms with van der Waals surface area (Å²) in [4.78, 5) is 11.4. The third-order valence-electron chi connectivity index (χ3n) is 5.04. The monoisotopic (exact) mass is 488 g/mol. The number of halogens is 1. The third kappa shape index (κ3) is 5.40. The van der Waals surface area contributed by atoms with E-state index < -0.39 is 16.1 Å². The number of amides is 1. The summed E-state index contributed by atoms with van der Waals surface area (Å²) in [7, 11) is -1.02. The molecule has 9 heteroatoms. The molecule has 1 amide bonds. The van der Waals surface area contributed by atoms with Crippen LogP contribution < -0.4 is 19.1 Å². The number of hydrogen-bond donors (Lipinski definition) is 1. The van der Waals surface area contributed by atoms with Crippen LogP contribution in [-0.4, -0.2) is 28.5 Å². The molecule has 1 N–H and O–H groups in total. The second kappa shape index (κ2) is 10.1. The van der Waals surface area contributed by atoms with Gasteiger partial charge in [-0.25, -0.2) is 8.42 Å². The zero-order valence-electron chi connectivity index (χ0n) is 18.7. The normalized spacial score (nSPS) is 12.0. The maximum Gasteiger partial charge on any atom is 0.264 e. The number of nitrogens with zero attached hydrogens (tertiary/aromatic N) is 1. The van der Waals surface area contributed by atoms with E-state index in [0.717, 1.165) is 5.56 Å². The van der Waals surface area contributed by atoms with Gasteiger partial charge in [0, 0.05) is 23.7 Å². The molecule has 3 aromatic carbocycles. The minimum Gasteiger partial charge on any atom is -0.493 e. The SMILES string of the molecule is COc1ccc(N(C(C)c2cccc(Cl)c2)S(=O)(=O)c2ccc(NC(C)=O)cc2)cc1OC. The van der Waals surface area contributed by atoms with Gasteiger partial charge in [0.05, 0.1) is 30.8 Å². The van der Waals surface area contributed by atoms with E-state index in [1.54, 1.807) is 55.5 Å². The van der Waals surface area contributed by atoms with Crippen LogP contribution in [0.5, 0.6) is 11.5 Å². The van der Waals surface area contributed by atoms with Crippen LogP contribution in [0.3, 0.4) is 0 Å². The summed E-state index contributed by atoms with van der Waals surface area (Å²) in [6.07, 6.45) is 0. The number of ether oxygens (including phenoxy) is 2. The second-order valence-electron chi connectivity index (χ2n) is 7.28. The molecule has 3 rings (SSSR count). The number of rotatable bonds is 8. The van der Waals surface area contributed by atoms with E-state index in [2.05, 4.69) is 5.32 Å². The highest BCUT2D eigenvalue weighted by molar-refractivity contribution is 7.92. The Balaban J connectivity index is 2.14. The summed E-state index contributed by atoms with van der Waals surface area (Å²) in [5, 5.41) is 3.14. The number of anilines is 2. The Kier molecular flexibility index (Phi) is 7.50. The fourth-order valence-electron chi connectivity index (χ4n) is 3.46. The molecule has 0 spiro atoms. The van der Waals surface area contributed by atoms with E-state index in [0.29, 0.717) is 27.9 Å². The highest BCUT2D eigenvalue weighted by atomic mass is 35.5. The van der Waals surface area contributed by atoms with Crippen LogP contribution in [0.15, 0.2) is 71.6 Å². The zero-order chi connectivity index (χ0) is 24.2. The van der Waals surface area contributed by atoms with Gasteiger partial charge in [-0.2, -0.15) is 0 Å². The van der Waals surface area contributed by atoms with Gasteiger partial charge >= 0.3 is 0 Å². The van der Waals surface area contributed by atoms with Crippen molar-refractivity contribution in [3.63, 3.8) is 0 Å². The average Bonchev–Trinajstić information content (AvgIpc) is 2.78. The van der Waals surface area contributed by atoms with Crippen molar-refractivity contribution in [3.05, 3.63) is 77.3 Å². The molecule has 1 atom stereocenters. The van der Waals surface area contributed by atoms with Gasteiger partial charge < -0.3 is 14.8 Å². The van der Waals surface area contributed by atoms with E-state index in [4.69, 9.17) is 21.1 Å². The predicted octanol–water partition coefficient (Wildman–Crippen LogP) is 5.27. The van der Waals surface area contributed by atoms with Crippen LogP contribution in [0.1, 0.15) is 25.5 Å². The molecule has 174 valence electrons. The predicted molar refractivity (Wildman–Crippen MR) is 130 cm³/mol. The van der Waals surface area contributed by atoms with E-state index in [1.165, 1.54) is 37.6 Å². The van der Waals surface area contributed by atoms with E-state index in [-0.39, 0.29) is 10.8 Å². The smallest absolute Gasteiger partial charge is 0.264 e. The molecule has 0 radical (unpaired) electrons. The Morgan fingerprint density at radius 2 is 1.64 bits per heavy atom. The third-order valence-corrected chi connectivity index (χ3v) is 7.18. The van der Waals surface area contributed by atoms with Gasteiger partial charge in [-0.3, -0.25) is 9.10 Å². The van der Waals surface area contributed by atoms with Gasteiger partial charge in [0.2, 0.25) is 5.91 Å². The molecule has 0 heterocycles. The topological polar surface area (TPSA) is 84.9 Å². The molecule has 0 bridgehead atoms. The molecule has 0 fully saturated rings. The van der Waals surface area contributed by atoms with Crippen LogP contribution in [0.25, 0.3) is 0 Å². The fraction of sp³-hybridized carbons (Fsp3) is 0.208. The quantitative estimate of drug-likeness (QED) is 0.466. The van der Waals surface area contributed by atoms with Crippen LogP contribution >= 0.6 is 11.6 Å². The lowest BCUT2D eigenvalue weighted by Crippen LogP contribution is -2.33. The second-order valence-corrected chi connectivity index (χ2v) is 9.53. The number of methoxy groups -OCH3 is 2. The molecule has 0 aliphatic heterocycles. The Labute approximate surface area is 198 Å². The Hall–Kier alpha value is -3.23. The molecule has 1 unspecified atom stereocenters. The first-order chi connectivity index (χ1) is 15.7. The van der Waals surface area contributed by atoms with Gasteiger partial charge in [0.1, 0.15) is 0 Å². The van der Waals surface area contributed by atoms with Gasteiger partial charge in [-0.15, -0.1) is 0 Å². The molecule has 0 aromatic heterocycles. The van der Waals surface area contributed by atoms with Crippen molar-refractivity contribution < 1.29 is 22.7 Å². The molecule has 0 aliphatic carbocycles.